The minimum absolute atomic E-state index is 0.311. The molecular weight excluding hydrogens is 382 g/mol. The molecule has 2 amide bonds. The molecule has 0 saturated carbocycles. The van der Waals surface area contributed by atoms with Crippen molar-refractivity contribution in [3.05, 3.63) is 36.4 Å². The van der Waals surface area contributed by atoms with Gasteiger partial charge >= 0.3 is 11.9 Å². The summed E-state index contributed by atoms with van der Waals surface area (Å²) in [6, 6.07) is 6.66. The van der Waals surface area contributed by atoms with E-state index in [1.807, 2.05) is 0 Å². The van der Waals surface area contributed by atoms with Gasteiger partial charge in [-0.15, -0.1) is 0 Å². The molecule has 0 radical (unpaired) electrons. The lowest BCUT2D eigenvalue weighted by atomic mass is 9.76. The molecule has 9 heteroatoms. The van der Waals surface area contributed by atoms with Gasteiger partial charge in [-0.3, -0.25) is 19.2 Å². The highest BCUT2D eigenvalue weighted by molar-refractivity contribution is 6.24. The number of nitrogens with zero attached hydrogens (tertiary/aromatic N) is 1. The molecule has 0 N–H and O–H groups in total. The third-order valence-electron chi connectivity index (χ3n) is 5.32. The third kappa shape index (κ3) is 2.72. The van der Waals surface area contributed by atoms with Crippen molar-refractivity contribution < 1.29 is 38.1 Å². The Hall–Kier alpha value is -3.20. The number of para-hydroxylation sites is 2. The molecule has 3 aliphatic rings. The van der Waals surface area contributed by atoms with Crippen LogP contribution in [0.5, 0.6) is 5.75 Å². The molecule has 9 nitrogen and oxygen atoms in total. The van der Waals surface area contributed by atoms with Gasteiger partial charge < -0.3 is 18.9 Å². The Kier molecular flexibility index (Phi) is 4.42. The summed E-state index contributed by atoms with van der Waals surface area (Å²) >= 11 is 0. The molecule has 1 aromatic rings. The third-order valence-corrected chi connectivity index (χ3v) is 5.32. The van der Waals surface area contributed by atoms with E-state index in [1.165, 1.54) is 13.2 Å². The van der Waals surface area contributed by atoms with E-state index in [0.717, 1.165) is 18.7 Å². The van der Waals surface area contributed by atoms with Crippen molar-refractivity contribution in [1.29, 1.82) is 0 Å². The standard InChI is InChI=1S/C20H19NO8/c1-10(22)27-19(28-11(2)23)20-9-8-14(29-20)15-16(20)18(25)21(17(15)24)12-6-4-5-7-13(12)26-3/h4-9,14-16,19H,1-3H3/t14-,15-,16-,20-/m1/s1. The van der Waals surface area contributed by atoms with Crippen LogP contribution in [-0.2, 0) is 33.4 Å². The van der Waals surface area contributed by atoms with Crippen molar-refractivity contribution in [1.82, 2.24) is 0 Å². The van der Waals surface area contributed by atoms with Crippen LogP contribution in [0.25, 0.3) is 0 Å². The lowest BCUT2D eigenvalue weighted by Gasteiger charge is -2.34. The molecule has 4 atom stereocenters. The summed E-state index contributed by atoms with van der Waals surface area (Å²) in [4.78, 5) is 50.8. The minimum Gasteiger partial charge on any atom is -0.495 e. The highest BCUT2D eigenvalue weighted by Gasteiger charge is 2.72. The molecule has 0 aromatic heterocycles. The molecule has 0 unspecified atom stereocenters. The molecule has 0 spiro atoms. The molecule has 1 aromatic carbocycles. The SMILES string of the molecule is COc1ccccc1N1C(=O)[C@@H]2[C@H]3C=C[C@@](C(OC(C)=O)OC(C)=O)(O3)[C@H]2C1=O. The van der Waals surface area contributed by atoms with E-state index in [1.54, 1.807) is 30.3 Å². The van der Waals surface area contributed by atoms with Gasteiger partial charge in [-0.2, -0.15) is 0 Å². The zero-order valence-electron chi connectivity index (χ0n) is 16.0. The largest absolute Gasteiger partial charge is 0.495 e. The van der Waals surface area contributed by atoms with Crippen molar-refractivity contribution in [3.63, 3.8) is 0 Å². The quantitative estimate of drug-likeness (QED) is 0.311. The van der Waals surface area contributed by atoms with E-state index >= 15 is 0 Å². The molecule has 3 aliphatic heterocycles. The summed E-state index contributed by atoms with van der Waals surface area (Å²) in [5, 5.41) is 0. The molecule has 3 heterocycles. The van der Waals surface area contributed by atoms with Crippen LogP contribution < -0.4 is 9.64 Å². The Morgan fingerprint density at radius 1 is 1.10 bits per heavy atom. The van der Waals surface area contributed by atoms with Crippen LogP contribution in [0.1, 0.15) is 13.8 Å². The second-order valence-corrected chi connectivity index (χ2v) is 7.03. The van der Waals surface area contributed by atoms with Gasteiger partial charge in [0.15, 0.2) is 5.60 Å². The van der Waals surface area contributed by atoms with Crippen molar-refractivity contribution in [2.75, 3.05) is 12.0 Å². The zero-order valence-corrected chi connectivity index (χ0v) is 16.0. The second-order valence-electron chi connectivity index (χ2n) is 7.03. The second kappa shape index (κ2) is 6.70. The number of fused-ring (bicyclic) bond motifs is 5. The average molecular weight is 401 g/mol. The van der Waals surface area contributed by atoms with Crippen LogP contribution >= 0.6 is 0 Å². The Balaban J connectivity index is 1.77. The number of hydrogen-bond donors (Lipinski definition) is 0. The minimum atomic E-state index is -1.57. The van der Waals surface area contributed by atoms with Crippen molar-refractivity contribution in [2.24, 2.45) is 11.8 Å². The summed E-state index contributed by atoms with van der Waals surface area (Å²) in [7, 11) is 1.44. The number of benzene rings is 1. The number of ether oxygens (including phenoxy) is 4. The molecular formula is C20H19NO8. The first-order chi connectivity index (χ1) is 13.8. The number of imide groups is 1. The number of carbonyl (C=O) groups is 4. The maximum atomic E-state index is 13.4. The monoisotopic (exact) mass is 401 g/mol. The van der Waals surface area contributed by atoms with Gasteiger partial charge in [-0.1, -0.05) is 18.2 Å². The molecule has 2 saturated heterocycles. The van der Waals surface area contributed by atoms with Gasteiger partial charge in [0.1, 0.15) is 5.75 Å². The number of carbonyl (C=O) groups excluding carboxylic acids is 4. The number of hydrogen-bond acceptors (Lipinski definition) is 8. The van der Waals surface area contributed by atoms with Crippen LogP contribution in [0, 0.1) is 11.8 Å². The molecule has 2 fully saturated rings. The van der Waals surface area contributed by atoms with E-state index in [4.69, 9.17) is 18.9 Å². The highest BCUT2D eigenvalue weighted by atomic mass is 16.7. The molecule has 4 rings (SSSR count). The summed E-state index contributed by atoms with van der Waals surface area (Å²) in [5.41, 5.74) is -1.26. The maximum absolute atomic E-state index is 13.4. The summed E-state index contributed by atoms with van der Waals surface area (Å²) in [5.74, 6) is -3.91. The predicted octanol–water partition coefficient (Wildman–Crippen LogP) is 0.960. The van der Waals surface area contributed by atoms with Gasteiger partial charge in [0, 0.05) is 13.8 Å². The fourth-order valence-electron chi connectivity index (χ4n) is 4.27. The van der Waals surface area contributed by atoms with Gasteiger partial charge in [-0.05, 0) is 18.2 Å². The lowest BCUT2D eigenvalue weighted by molar-refractivity contribution is -0.226. The van der Waals surface area contributed by atoms with Gasteiger partial charge in [-0.25, -0.2) is 4.90 Å². The fraction of sp³-hybridized carbons (Fsp3) is 0.400. The predicted molar refractivity (Wildman–Crippen MR) is 96.5 cm³/mol. The molecule has 2 bridgehead atoms. The maximum Gasteiger partial charge on any atom is 0.305 e. The Morgan fingerprint density at radius 2 is 1.76 bits per heavy atom. The smallest absolute Gasteiger partial charge is 0.305 e. The van der Waals surface area contributed by atoms with Crippen LogP contribution in [0.4, 0.5) is 5.69 Å². The first-order valence-electron chi connectivity index (χ1n) is 9.02. The van der Waals surface area contributed by atoms with Crippen LogP contribution in [-0.4, -0.2) is 48.9 Å². The van der Waals surface area contributed by atoms with Crippen molar-refractivity contribution in [3.8, 4) is 5.75 Å². The van der Waals surface area contributed by atoms with E-state index < -0.39 is 53.6 Å². The number of esters is 2. The number of rotatable bonds is 5. The van der Waals surface area contributed by atoms with E-state index in [2.05, 4.69) is 0 Å². The topological polar surface area (TPSA) is 108 Å². The van der Waals surface area contributed by atoms with Gasteiger partial charge in [0.05, 0.1) is 30.7 Å². The van der Waals surface area contributed by atoms with Crippen LogP contribution in [0.15, 0.2) is 36.4 Å². The van der Waals surface area contributed by atoms with Crippen molar-refractivity contribution >= 4 is 29.4 Å². The van der Waals surface area contributed by atoms with Crippen LogP contribution in [0.2, 0.25) is 0 Å². The summed E-state index contributed by atoms with van der Waals surface area (Å²) in [6.07, 6.45) is 0.956. The Morgan fingerprint density at radius 3 is 2.38 bits per heavy atom. The number of methoxy groups -OCH3 is 1. The van der Waals surface area contributed by atoms with E-state index in [0.29, 0.717) is 11.4 Å². The normalized spacial score (nSPS) is 29.4. The zero-order chi connectivity index (χ0) is 20.9. The highest BCUT2D eigenvalue weighted by Crippen LogP contribution is 2.55. The molecule has 152 valence electrons. The lowest BCUT2D eigenvalue weighted by Crippen LogP contribution is -2.52. The van der Waals surface area contributed by atoms with Crippen LogP contribution in [0.3, 0.4) is 0 Å². The first-order valence-corrected chi connectivity index (χ1v) is 9.02. The first kappa shape index (κ1) is 19.1. The molecule has 29 heavy (non-hydrogen) atoms. The number of anilines is 1. The van der Waals surface area contributed by atoms with E-state index in [-0.39, 0.29) is 0 Å². The fourth-order valence-corrected chi connectivity index (χ4v) is 4.27. The Labute approximate surface area is 166 Å². The summed E-state index contributed by atoms with van der Waals surface area (Å²) in [6.45, 7) is 2.30. The number of amides is 2. The Bertz CT molecular complexity index is 924. The van der Waals surface area contributed by atoms with Gasteiger partial charge in [0.25, 0.3) is 6.29 Å². The van der Waals surface area contributed by atoms with Crippen molar-refractivity contribution in [2.45, 2.75) is 31.8 Å². The van der Waals surface area contributed by atoms with Gasteiger partial charge in [0.2, 0.25) is 11.8 Å². The molecule has 0 aliphatic carbocycles. The average Bonchev–Trinajstić information content (AvgIpc) is 3.32. The summed E-state index contributed by atoms with van der Waals surface area (Å²) < 4.78 is 21.6. The van der Waals surface area contributed by atoms with E-state index in [9.17, 15) is 19.2 Å².